The van der Waals surface area contributed by atoms with E-state index in [1.165, 1.54) is 180 Å². The third-order valence-corrected chi connectivity index (χ3v) is 13.0. The molecular weight excluding hydrogens is 853 g/mol. The number of esters is 3. The lowest BCUT2D eigenvalue weighted by molar-refractivity contribution is -0.167. The van der Waals surface area contributed by atoms with Crippen molar-refractivity contribution in [2.75, 3.05) is 13.2 Å². The van der Waals surface area contributed by atoms with Gasteiger partial charge in [0.1, 0.15) is 13.2 Å². The summed E-state index contributed by atoms with van der Waals surface area (Å²) in [7, 11) is 0. The second kappa shape index (κ2) is 57.7. The Balaban J connectivity index is 4.39. The Kier molecular flexibility index (Phi) is 55.3. The molecule has 69 heavy (non-hydrogen) atoms. The lowest BCUT2D eigenvalue weighted by atomic mass is 10.1. The first kappa shape index (κ1) is 66.1. The zero-order chi connectivity index (χ0) is 50.0. The van der Waals surface area contributed by atoms with Crippen molar-refractivity contribution in [1.82, 2.24) is 0 Å². The molecule has 6 heteroatoms. The minimum atomic E-state index is -0.784. The highest BCUT2D eigenvalue weighted by Crippen LogP contribution is 2.15. The Hall–Kier alpha value is -2.89. The topological polar surface area (TPSA) is 78.9 Å². The summed E-state index contributed by atoms with van der Waals surface area (Å²) >= 11 is 0. The van der Waals surface area contributed by atoms with E-state index in [1.807, 2.05) is 0 Å². The highest BCUT2D eigenvalue weighted by Gasteiger charge is 2.19. The fourth-order valence-electron chi connectivity index (χ4n) is 8.44. The molecule has 0 saturated heterocycles. The quantitative estimate of drug-likeness (QED) is 0.0262. The molecule has 0 aliphatic carbocycles. The van der Waals surface area contributed by atoms with Crippen molar-refractivity contribution in [2.24, 2.45) is 0 Å². The number of hydrogen-bond donors (Lipinski definition) is 0. The molecule has 0 amide bonds. The van der Waals surface area contributed by atoms with Gasteiger partial charge in [0.05, 0.1) is 0 Å². The molecule has 1 unspecified atom stereocenters. The molecule has 0 aromatic heterocycles. The van der Waals surface area contributed by atoms with Gasteiger partial charge in [0.15, 0.2) is 6.10 Å². The van der Waals surface area contributed by atoms with Crippen LogP contribution in [0.4, 0.5) is 0 Å². The van der Waals surface area contributed by atoms with Gasteiger partial charge >= 0.3 is 17.9 Å². The standard InChI is InChI=1S/C63H112O6/c1-4-7-10-13-16-19-22-25-28-30-31-33-35-38-41-44-47-50-53-56-62(65)68-59-60(58-67-61(64)55-52-49-46-43-40-37-34-27-24-21-18-15-12-9-6-3)69-63(66)57-54-51-48-45-42-39-36-32-29-26-23-20-17-14-11-8-5-2/h16-17,19-20,25-29,34,60H,4-15,18,21-24,30-33,35-59H2,1-3H3/b19-16-,20-17-,28-25-,29-26-,34-27-. The van der Waals surface area contributed by atoms with Crippen molar-refractivity contribution < 1.29 is 28.6 Å². The Morgan fingerprint density at radius 1 is 0.290 bits per heavy atom. The fourth-order valence-corrected chi connectivity index (χ4v) is 8.44. The number of rotatable bonds is 54. The molecule has 0 aliphatic rings. The Bertz CT molecular complexity index is 1250. The third kappa shape index (κ3) is 55.9. The van der Waals surface area contributed by atoms with E-state index in [-0.39, 0.29) is 31.1 Å². The van der Waals surface area contributed by atoms with Crippen LogP contribution in [0, 0.1) is 0 Å². The van der Waals surface area contributed by atoms with E-state index in [0.717, 1.165) is 83.5 Å². The Morgan fingerprint density at radius 2 is 0.522 bits per heavy atom. The minimum Gasteiger partial charge on any atom is -0.462 e. The molecule has 0 saturated carbocycles. The summed E-state index contributed by atoms with van der Waals surface area (Å²) in [6, 6.07) is 0. The van der Waals surface area contributed by atoms with E-state index in [4.69, 9.17) is 14.2 Å². The van der Waals surface area contributed by atoms with Crippen molar-refractivity contribution in [2.45, 2.75) is 309 Å². The normalized spacial score (nSPS) is 12.4. The summed E-state index contributed by atoms with van der Waals surface area (Å²) in [5.74, 6) is -0.889. The summed E-state index contributed by atoms with van der Waals surface area (Å²) in [6.45, 7) is 6.60. The molecule has 0 aromatic carbocycles. The SMILES string of the molecule is CCCCC/C=C\C/C=C\CCCCCCCCCCCC(=O)OCC(COC(=O)CCCCCCC/C=C\CCCCCCCC)OC(=O)CCCCCCCCC/C=C\C/C=C\CCCCC. The van der Waals surface area contributed by atoms with E-state index in [2.05, 4.69) is 81.5 Å². The summed E-state index contributed by atoms with van der Waals surface area (Å²) in [6.07, 6.45) is 72.0. The average Bonchev–Trinajstić information content (AvgIpc) is 3.35. The van der Waals surface area contributed by atoms with E-state index in [9.17, 15) is 14.4 Å². The van der Waals surface area contributed by atoms with Gasteiger partial charge in [-0.15, -0.1) is 0 Å². The molecule has 0 radical (unpaired) electrons. The van der Waals surface area contributed by atoms with Gasteiger partial charge in [0, 0.05) is 19.3 Å². The average molecular weight is 966 g/mol. The summed E-state index contributed by atoms with van der Waals surface area (Å²) < 4.78 is 16.9. The molecule has 0 aliphatic heterocycles. The molecule has 0 heterocycles. The van der Waals surface area contributed by atoms with Gasteiger partial charge in [-0.3, -0.25) is 14.4 Å². The molecule has 0 fully saturated rings. The number of allylic oxidation sites excluding steroid dienone is 10. The lowest BCUT2D eigenvalue weighted by Gasteiger charge is -2.18. The lowest BCUT2D eigenvalue weighted by Crippen LogP contribution is -2.30. The van der Waals surface area contributed by atoms with Crippen molar-refractivity contribution in [3.8, 4) is 0 Å². The van der Waals surface area contributed by atoms with E-state index >= 15 is 0 Å². The summed E-state index contributed by atoms with van der Waals surface area (Å²) in [5.41, 5.74) is 0. The fraction of sp³-hybridized carbons (Fsp3) is 0.794. The molecule has 0 rings (SSSR count). The van der Waals surface area contributed by atoms with Crippen LogP contribution in [0.5, 0.6) is 0 Å². The van der Waals surface area contributed by atoms with Crippen LogP contribution < -0.4 is 0 Å². The molecule has 400 valence electrons. The predicted octanol–water partition coefficient (Wildman–Crippen LogP) is 20.0. The van der Waals surface area contributed by atoms with Crippen LogP contribution in [0.15, 0.2) is 60.8 Å². The smallest absolute Gasteiger partial charge is 0.306 e. The van der Waals surface area contributed by atoms with Gasteiger partial charge in [0.2, 0.25) is 0 Å². The summed E-state index contributed by atoms with van der Waals surface area (Å²) in [4.78, 5) is 38.2. The van der Waals surface area contributed by atoms with E-state index in [0.29, 0.717) is 19.3 Å². The van der Waals surface area contributed by atoms with Crippen LogP contribution in [0.1, 0.15) is 303 Å². The van der Waals surface area contributed by atoms with Crippen LogP contribution in [-0.2, 0) is 28.6 Å². The van der Waals surface area contributed by atoms with Gasteiger partial charge < -0.3 is 14.2 Å². The van der Waals surface area contributed by atoms with Crippen molar-refractivity contribution in [3.05, 3.63) is 60.8 Å². The zero-order valence-electron chi connectivity index (χ0n) is 45.8. The van der Waals surface area contributed by atoms with Gasteiger partial charge in [-0.05, 0) is 109 Å². The number of unbranched alkanes of at least 4 members (excludes halogenated alkanes) is 33. The minimum absolute atomic E-state index is 0.0812. The van der Waals surface area contributed by atoms with Crippen molar-refractivity contribution in [1.29, 1.82) is 0 Å². The second-order valence-electron chi connectivity index (χ2n) is 19.9. The first-order valence-corrected chi connectivity index (χ1v) is 29.8. The van der Waals surface area contributed by atoms with Gasteiger partial charge in [-0.2, -0.15) is 0 Å². The monoisotopic (exact) mass is 965 g/mol. The van der Waals surface area contributed by atoms with Crippen LogP contribution in [-0.4, -0.2) is 37.2 Å². The molecule has 1 atom stereocenters. The first-order valence-electron chi connectivity index (χ1n) is 29.8. The molecule has 0 bridgehead atoms. The second-order valence-corrected chi connectivity index (χ2v) is 19.9. The first-order chi connectivity index (χ1) is 34.0. The maximum absolute atomic E-state index is 12.9. The number of hydrogen-bond acceptors (Lipinski definition) is 6. The predicted molar refractivity (Wildman–Crippen MR) is 298 cm³/mol. The van der Waals surface area contributed by atoms with Crippen LogP contribution >= 0.6 is 0 Å². The maximum Gasteiger partial charge on any atom is 0.306 e. The van der Waals surface area contributed by atoms with Gasteiger partial charge in [0.25, 0.3) is 0 Å². The Morgan fingerprint density at radius 3 is 0.841 bits per heavy atom. The van der Waals surface area contributed by atoms with Gasteiger partial charge in [-0.25, -0.2) is 0 Å². The highest BCUT2D eigenvalue weighted by atomic mass is 16.6. The van der Waals surface area contributed by atoms with Crippen LogP contribution in [0.3, 0.4) is 0 Å². The largest absolute Gasteiger partial charge is 0.462 e. The number of ether oxygens (including phenoxy) is 3. The van der Waals surface area contributed by atoms with Crippen molar-refractivity contribution >= 4 is 17.9 Å². The van der Waals surface area contributed by atoms with E-state index in [1.54, 1.807) is 0 Å². The molecule has 6 nitrogen and oxygen atoms in total. The van der Waals surface area contributed by atoms with Crippen LogP contribution in [0.2, 0.25) is 0 Å². The summed E-state index contributed by atoms with van der Waals surface area (Å²) in [5, 5.41) is 0. The maximum atomic E-state index is 12.9. The molecule has 0 aromatic rings. The number of carbonyl (C=O) groups excluding carboxylic acids is 3. The van der Waals surface area contributed by atoms with Crippen LogP contribution in [0.25, 0.3) is 0 Å². The number of carbonyl (C=O) groups is 3. The third-order valence-electron chi connectivity index (χ3n) is 13.0. The molecule has 0 spiro atoms. The zero-order valence-corrected chi connectivity index (χ0v) is 45.8. The highest BCUT2D eigenvalue weighted by molar-refractivity contribution is 5.71. The molecular formula is C63H112O6. The van der Waals surface area contributed by atoms with Gasteiger partial charge in [-0.1, -0.05) is 236 Å². The van der Waals surface area contributed by atoms with Crippen molar-refractivity contribution in [3.63, 3.8) is 0 Å². The Labute approximate surface area is 428 Å². The molecule has 0 N–H and O–H groups in total. The van der Waals surface area contributed by atoms with E-state index < -0.39 is 6.10 Å².